The Labute approximate surface area is 227 Å². The number of hydrogen-bond donors (Lipinski definition) is 0. The maximum absolute atomic E-state index is 13.7. The second-order valence-corrected chi connectivity index (χ2v) is 12.7. The van der Waals surface area contributed by atoms with Gasteiger partial charge in [-0.05, 0) is 58.0 Å². The highest BCUT2D eigenvalue weighted by atomic mass is 32.2. The zero-order valence-corrected chi connectivity index (χ0v) is 23.9. The highest BCUT2D eigenvalue weighted by molar-refractivity contribution is 7.90. The monoisotopic (exact) mass is 536 g/mol. The number of carbonyl (C=O) groups excluding carboxylic acids is 1. The zero-order chi connectivity index (χ0) is 27.3. The summed E-state index contributed by atoms with van der Waals surface area (Å²) in [5, 5.41) is 0.122. The highest BCUT2D eigenvalue weighted by Crippen LogP contribution is 2.33. The number of amides is 1. The molecule has 0 aliphatic heterocycles. The van der Waals surface area contributed by atoms with E-state index in [2.05, 4.69) is 4.98 Å². The van der Waals surface area contributed by atoms with Crippen molar-refractivity contribution in [3.63, 3.8) is 0 Å². The molecule has 1 aliphatic rings. The standard InChI is InChI=1S/C30H40N4O3S/c1-23-11-10-13-25(19-23)22-38(36,37)30-31-20-27(34(30)26-14-6-5-7-15-26)21-33(18-17-32(3)4)29(35)28-16-9-8-12-24(28)2/h8-13,16,19-20,26H,5-7,14-15,17-18,21-22H2,1-4H3. The number of aryl methyl sites for hydroxylation is 2. The number of sulfone groups is 1. The molecule has 0 unspecified atom stereocenters. The van der Waals surface area contributed by atoms with Crippen molar-refractivity contribution >= 4 is 15.7 Å². The first-order chi connectivity index (χ1) is 18.2. The Morgan fingerprint density at radius 3 is 2.42 bits per heavy atom. The van der Waals surface area contributed by atoms with Gasteiger partial charge in [0.2, 0.25) is 15.0 Å². The smallest absolute Gasteiger partial charge is 0.254 e. The molecule has 0 saturated heterocycles. The van der Waals surface area contributed by atoms with E-state index >= 15 is 0 Å². The average Bonchev–Trinajstić information content (AvgIpc) is 3.31. The van der Waals surface area contributed by atoms with Crippen molar-refractivity contribution < 1.29 is 13.2 Å². The molecule has 0 spiro atoms. The molecule has 0 atom stereocenters. The molecule has 1 aromatic heterocycles. The van der Waals surface area contributed by atoms with Gasteiger partial charge in [0.25, 0.3) is 5.91 Å². The van der Waals surface area contributed by atoms with Crippen LogP contribution in [0.1, 0.15) is 70.9 Å². The molecule has 7 nitrogen and oxygen atoms in total. The Hall–Kier alpha value is -2.97. The summed E-state index contributed by atoms with van der Waals surface area (Å²) in [6.07, 6.45) is 6.79. The molecular formula is C30H40N4O3S. The third-order valence-corrected chi connectivity index (χ3v) is 8.90. The summed E-state index contributed by atoms with van der Waals surface area (Å²) >= 11 is 0. The Kier molecular flexibility index (Phi) is 9.05. The second kappa shape index (κ2) is 12.3. The van der Waals surface area contributed by atoms with E-state index in [0.29, 0.717) is 25.2 Å². The van der Waals surface area contributed by atoms with Crippen LogP contribution in [0.3, 0.4) is 0 Å². The van der Waals surface area contributed by atoms with E-state index in [1.165, 1.54) is 0 Å². The molecule has 3 aromatic rings. The van der Waals surface area contributed by atoms with Crippen molar-refractivity contribution in [3.05, 3.63) is 82.7 Å². The molecular weight excluding hydrogens is 496 g/mol. The van der Waals surface area contributed by atoms with Gasteiger partial charge in [0.15, 0.2) is 0 Å². The SMILES string of the molecule is Cc1cccc(CS(=O)(=O)c2ncc(CN(CCN(C)C)C(=O)c3ccccc3C)n2C2CCCCC2)c1. The lowest BCUT2D eigenvalue weighted by Crippen LogP contribution is -2.37. The van der Waals surface area contributed by atoms with E-state index in [0.717, 1.165) is 54.5 Å². The van der Waals surface area contributed by atoms with Crippen LogP contribution in [0.15, 0.2) is 59.9 Å². The largest absolute Gasteiger partial charge is 0.331 e. The Bertz CT molecular complexity index is 1360. The van der Waals surface area contributed by atoms with E-state index in [1.807, 2.05) is 90.8 Å². The fraction of sp³-hybridized carbons (Fsp3) is 0.467. The lowest BCUT2D eigenvalue weighted by atomic mass is 9.95. The summed E-state index contributed by atoms with van der Waals surface area (Å²) in [5.41, 5.74) is 4.16. The van der Waals surface area contributed by atoms with E-state index in [4.69, 9.17) is 0 Å². The zero-order valence-electron chi connectivity index (χ0n) is 23.1. The van der Waals surface area contributed by atoms with Crippen LogP contribution in [0.2, 0.25) is 0 Å². The number of nitrogens with zero attached hydrogens (tertiary/aromatic N) is 4. The van der Waals surface area contributed by atoms with Crippen LogP contribution in [-0.4, -0.2) is 60.9 Å². The fourth-order valence-electron chi connectivity index (χ4n) is 5.29. The first-order valence-corrected chi connectivity index (χ1v) is 15.1. The first kappa shape index (κ1) is 28.0. The van der Waals surface area contributed by atoms with Gasteiger partial charge < -0.3 is 14.4 Å². The van der Waals surface area contributed by atoms with Gasteiger partial charge in [-0.1, -0.05) is 67.3 Å². The number of rotatable bonds is 10. The summed E-state index contributed by atoms with van der Waals surface area (Å²) < 4.78 is 29.4. The molecule has 1 amide bonds. The van der Waals surface area contributed by atoms with Gasteiger partial charge in [-0.2, -0.15) is 0 Å². The van der Waals surface area contributed by atoms with Crippen LogP contribution in [0.4, 0.5) is 0 Å². The van der Waals surface area contributed by atoms with Crippen LogP contribution in [0.25, 0.3) is 0 Å². The predicted octanol–water partition coefficient (Wildman–Crippen LogP) is 5.18. The van der Waals surface area contributed by atoms with Crippen molar-refractivity contribution in [2.45, 2.75) is 69.4 Å². The summed E-state index contributed by atoms with van der Waals surface area (Å²) in [7, 11) is 0.280. The molecule has 0 N–H and O–H groups in total. The maximum atomic E-state index is 13.7. The van der Waals surface area contributed by atoms with Gasteiger partial charge in [0, 0.05) is 24.7 Å². The molecule has 1 aliphatic carbocycles. The lowest BCUT2D eigenvalue weighted by molar-refractivity contribution is 0.0725. The van der Waals surface area contributed by atoms with Crippen molar-refractivity contribution in [2.24, 2.45) is 0 Å². The van der Waals surface area contributed by atoms with Gasteiger partial charge in [0.1, 0.15) is 0 Å². The number of aromatic nitrogens is 2. The van der Waals surface area contributed by atoms with Gasteiger partial charge >= 0.3 is 0 Å². The summed E-state index contributed by atoms with van der Waals surface area (Å²) in [4.78, 5) is 22.1. The Morgan fingerprint density at radius 2 is 1.74 bits per heavy atom. The van der Waals surface area contributed by atoms with E-state index in [-0.39, 0.29) is 22.9 Å². The third-order valence-electron chi connectivity index (χ3n) is 7.33. The van der Waals surface area contributed by atoms with E-state index < -0.39 is 9.84 Å². The van der Waals surface area contributed by atoms with Crippen molar-refractivity contribution in [1.82, 2.24) is 19.4 Å². The van der Waals surface area contributed by atoms with Gasteiger partial charge in [-0.15, -0.1) is 0 Å². The minimum absolute atomic E-state index is 0.0505. The lowest BCUT2D eigenvalue weighted by Gasteiger charge is -2.29. The number of imidazole rings is 1. The number of hydrogen-bond acceptors (Lipinski definition) is 5. The van der Waals surface area contributed by atoms with E-state index in [9.17, 15) is 13.2 Å². The first-order valence-electron chi connectivity index (χ1n) is 13.5. The third kappa shape index (κ3) is 6.72. The second-order valence-electron chi connectivity index (χ2n) is 10.8. The number of likely N-dealkylation sites (N-methyl/N-ethyl adjacent to an activating group) is 1. The molecule has 0 bridgehead atoms. The van der Waals surface area contributed by atoms with Gasteiger partial charge in [-0.25, -0.2) is 13.4 Å². The molecule has 2 aromatic carbocycles. The summed E-state index contributed by atoms with van der Waals surface area (Å²) in [6.45, 7) is 5.45. The van der Waals surface area contributed by atoms with Crippen LogP contribution in [0, 0.1) is 13.8 Å². The van der Waals surface area contributed by atoms with Crippen LogP contribution in [-0.2, 0) is 22.1 Å². The van der Waals surface area contributed by atoms with Crippen LogP contribution in [0.5, 0.6) is 0 Å². The molecule has 1 saturated carbocycles. The van der Waals surface area contributed by atoms with Crippen molar-refractivity contribution in [2.75, 3.05) is 27.2 Å². The molecule has 204 valence electrons. The Morgan fingerprint density at radius 1 is 1.00 bits per heavy atom. The molecule has 1 fully saturated rings. The van der Waals surface area contributed by atoms with E-state index in [1.54, 1.807) is 6.20 Å². The topological polar surface area (TPSA) is 75.5 Å². The molecule has 8 heteroatoms. The van der Waals surface area contributed by atoms with Gasteiger partial charge in [0.05, 0.1) is 24.2 Å². The summed E-state index contributed by atoms with van der Waals surface area (Å²) in [5.74, 6) is -0.143. The quantitative estimate of drug-likeness (QED) is 0.357. The number of benzene rings is 2. The molecule has 38 heavy (non-hydrogen) atoms. The predicted molar refractivity (Wildman–Crippen MR) is 151 cm³/mol. The molecule has 1 heterocycles. The molecule has 0 radical (unpaired) electrons. The molecule has 4 rings (SSSR count). The van der Waals surface area contributed by atoms with Gasteiger partial charge in [-0.3, -0.25) is 4.79 Å². The highest BCUT2D eigenvalue weighted by Gasteiger charge is 2.30. The number of carbonyl (C=O) groups is 1. The van der Waals surface area contributed by atoms with Crippen LogP contribution < -0.4 is 0 Å². The summed E-state index contributed by atoms with van der Waals surface area (Å²) in [6, 6.07) is 15.3. The average molecular weight is 537 g/mol. The van der Waals surface area contributed by atoms with Crippen molar-refractivity contribution in [1.29, 1.82) is 0 Å². The maximum Gasteiger partial charge on any atom is 0.254 e. The van der Waals surface area contributed by atoms with Crippen molar-refractivity contribution in [3.8, 4) is 0 Å². The minimum Gasteiger partial charge on any atom is -0.331 e. The Balaban J connectivity index is 1.71. The normalized spacial score (nSPS) is 14.7. The van der Waals surface area contributed by atoms with Crippen LogP contribution >= 0.6 is 0 Å². The fourth-order valence-corrected chi connectivity index (χ4v) is 6.82. The minimum atomic E-state index is -3.69.